The average Bonchev–Trinajstić information content (AvgIpc) is 2.66. The molecule has 0 bridgehead atoms. The van der Waals surface area contributed by atoms with E-state index in [1.54, 1.807) is 20.8 Å². The largest absolute Gasteiger partial charge is 0.481 e. The number of hydrogen-bond donors (Lipinski definition) is 2. The SMILES string of the molecule is CC(C)(C)OC(=O)C1Nc2ccccc2C1CC(=O)O. The summed E-state index contributed by atoms with van der Waals surface area (Å²) in [4.78, 5) is 23.3. The zero-order valence-corrected chi connectivity index (χ0v) is 11.8. The molecule has 20 heavy (non-hydrogen) atoms. The van der Waals surface area contributed by atoms with E-state index in [0.29, 0.717) is 0 Å². The third-order valence-corrected chi connectivity index (χ3v) is 3.13. The van der Waals surface area contributed by atoms with E-state index in [1.165, 1.54) is 0 Å². The molecule has 1 aliphatic heterocycles. The monoisotopic (exact) mass is 277 g/mol. The van der Waals surface area contributed by atoms with Crippen LogP contribution in [-0.4, -0.2) is 28.7 Å². The molecule has 1 aromatic carbocycles. The lowest BCUT2D eigenvalue weighted by atomic mass is 9.92. The first kappa shape index (κ1) is 14.4. The van der Waals surface area contributed by atoms with E-state index in [4.69, 9.17) is 9.84 Å². The van der Waals surface area contributed by atoms with Gasteiger partial charge in [0, 0.05) is 11.6 Å². The van der Waals surface area contributed by atoms with Crippen molar-refractivity contribution in [1.82, 2.24) is 0 Å². The number of aliphatic carboxylic acids is 1. The normalized spacial score (nSPS) is 20.9. The highest BCUT2D eigenvalue weighted by atomic mass is 16.6. The van der Waals surface area contributed by atoms with Crippen LogP contribution in [0.4, 0.5) is 5.69 Å². The number of anilines is 1. The molecule has 1 aromatic rings. The number of carbonyl (C=O) groups is 2. The Balaban J connectivity index is 2.25. The topological polar surface area (TPSA) is 75.6 Å². The quantitative estimate of drug-likeness (QED) is 0.830. The lowest BCUT2D eigenvalue weighted by Crippen LogP contribution is -2.38. The maximum Gasteiger partial charge on any atom is 0.329 e. The number of carbonyl (C=O) groups excluding carboxylic acids is 1. The van der Waals surface area contributed by atoms with Gasteiger partial charge >= 0.3 is 11.9 Å². The zero-order chi connectivity index (χ0) is 14.9. The first-order chi connectivity index (χ1) is 9.28. The Kier molecular flexibility index (Phi) is 3.70. The van der Waals surface area contributed by atoms with Crippen LogP contribution in [0.1, 0.15) is 38.7 Å². The number of esters is 1. The molecular weight excluding hydrogens is 258 g/mol. The van der Waals surface area contributed by atoms with E-state index in [0.717, 1.165) is 11.3 Å². The van der Waals surface area contributed by atoms with Crippen LogP contribution in [-0.2, 0) is 14.3 Å². The van der Waals surface area contributed by atoms with E-state index < -0.39 is 29.5 Å². The van der Waals surface area contributed by atoms with Crippen molar-refractivity contribution < 1.29 is 19.4 Å². The minimum atomic E-state index is -0.929. The Labute approximate surface area is 117 Å². The van der Waals surface area contributed by atoms with Gasteiger partial charge in [0.1, 0.15) is 11.6 Å². The fourth-order valence-corrected chi connectivity index (χ4v) is 2.40. The highest BCUT2D eigenvalue weighted by molar-refractivity contribution is 5.86. The summed E-state index contributed by atoms with van der Waals surface area (Å²) >= 11 is 0. The molecule has 0 aliphatic carbocycles. The molecule has 5 nitrogen and oxygen atoms in total. The Morgan fingerprint density at radius 1 is 1.30 bits per heavy atom. The summed E-state index contributed by atoms with van der Waals surface area (Å²) in [6.45, 7) is 5.37. The summed E-state index contributed by atoms with van der Waals surface area (Å²) in [5, 5.41) is 12.1. The molecule has 2 rings (SSSR count). The fraction of sp³-hybridized carbons (Fsp3) is 0.467. The van der Waals surface area contributed by atoms with Gasteiger partial charge in [-0.15, -0.1) is 0 Å². The standard InChI is InChI=1S/C15H19NO4/c1-15(2,3)20-14(19)13-10(8-12(17)18)9-6-4-5-7-11(9)16-13/h4-7,10,13,16H,8H2,1-3H3,(H,17,18). The van der Waals surface area contributed by atoms with Gasteiger partial charge in [-0.2, -0.15) is 0 Å². The molecule has 0 amide bonds. The molecule has 0 spiro atoms. The van der Waals surface area contributed by atoms with Crippen molar-refractivity contribution in [2.45, 2.75) is 44.8 Å². The maximum absolute atomic E-state index is 12.2. The van der Waals surface area contributed by atoms with Crippen molar-refractivity contribution in [3.63, 3.8) is 0 Å². The van der Waals surface area contributed by atoms with Gasteiger partial charge in [0.2, 0.25) is 0 Å². The fourth-order valence-electron chi connectivity index (χ4n) is 2.40. The first-order valence-corrected chi connectivity index (χ1v) is 6.58. The van der Waals surface area contributed by atoms with Gasteiger partial charge in [-0.25, -0.2) is 4.79 Å². The van der Waals surface area contributed by atoms with Gasteiger partial charge < -0.3 is 15.2 Å². The molecule has 2 unspecified atom stereocenters. The van der Waals surface area contributed by atoms with Gasteiger partial charge in [-0.3, -0.25) is 4.79 Å². The van der Waals surface area contributed by atoms with E-state index in [9.17, 15) is 9.59 Å². The van der Waals surface area contributed by atoms with Gasteiger partial charge in [0.05, 0.1) is 6.42 Å². The van der Waals surface area contributed by atoms with Gasteiger partial charge in [-0.05, 0) is 32.4 Å². The van der Waals surface area contributed by atoms with Crippen molar-refractivity contribution in [2.24, 2.45) is 0 Å². The number of carboxylic acid groups (broad SMARTS) is 1. The van der Waals surface area contributed by atoms with Crippen molar-refractivity contribution in [3.8, 4) is 0 Å². The Hall–Kier alpha value is -2.04. The summed E-state index contributed by atoms with van der Waals surface area (Å²) in [5.41, 5.74) is 1.06. The number of para-hydroxylation sites is 1. The molecule has 2 N–H and O–H groups in total. The van der Waals surface area contributed by atoms with Gasteiger partial charge in [0.15, 0.2) is 0 Å². The third-order valence-electron chi connectivity index (χ3n) is 3.13. The molecule has 1 aliphatic rings. The molecule has 1 heterocycles. The zero-order valence-electron chi connectivity index (χ0n) is 11.8. The molecular formula is C15H19NO4. The van der Waals surface area contributed by atoms with E-state index in [1.807, 2.05) is 24.3 Å². The number of fused-ring (bicyclic) bond motifs is 1. The lowest BCUT2D eigenvalue weighted by Gasteiger charge is -2.24. The molecule has 0 fully saturated rings. The number of carboxylic acids is 1. The second-order valence-corrected chi connectivity index (χ2v) is 5.95. The maximum atomic E-state index is 12.2. The average molecular weight is 277 g/mol. The predicted octanol–water partition coefficient (Wildman–Crippen LogP) is 2.38. The molecule has 0 aromatic heterocycles. The number of benzene rings is 1. The minimum absolute atomic E-state index is 0.103. The van der Waals surface area contributed by atoms with Crippen LogP contribution in [0.25, 0.3) is 0 Å². The van der Waals surface area contributed by atoms with Crippen LogP contribution in [0.3, 0.4) is 0 Å². The van der Waals surface area contributed by atoms with Gasteiger partial charge in [-0.1, -0.05) is 18.2 Å². The number of nitrogens with one attached hydrogen (secondary N) is 1. The summed E-state index contributed by atoms with van der Waals surface area (Å²) in [6, 6.07) is 6.73. The van der Waals surface area contributed by atoms with Crippen LogP contribution in [0.2, 0.25) is 0 Å². The summed E-state index contributed by atoms with van der Waals surface area (Å²) in [7, 11) is 0. The smallest absolute Gasteiger partial charge is 0.329 e. The predicted molar refractivity (Wildman–Crippen MR) is 74.7 cm³/mol. The molecule has 5 heteroatoms. The minimum Gasteiger partial charge on any atom is -0.481 e. The highest BCUT2D eigenvalue weighted by Crippen LogP contribution is 2.38. The van der Waals surface area contributed by atoms with Gasteiger partial charge in [0.25, 0.3) is 0 Å². The second kappa shape index (κ2) is 5.15. The van der Waals surface area contributed by atoms with Crippen LogP contribution in [0.15, 0.2) is 24.3 Å². The van der Waals surface area contributed by atoms with Crippen molar-refractivity contribution in [2.75, 3.05) is 5.32 Å². The van der Waals surface area contributed by atoms with Crippen molar-refractivity contribution in [1.29, 1.82) is 0 Å². The van der Waals surface area contributed by atoms with E-state index in [2.05, 4.69) is 5.32 Å². The molecule has 0 saturated heterocycles. The third kappa shape index (κ3) is 3.10. The summed E-state index contributed by atoms with van der Waals surface area (Å²) < 4.78 is 5.37. The summed E-state index contributed by atoms with van der Waals surface area (Å²) in [5.74, 6) is -1.75. The summed E-state index contributed by atoms with van der Waals surface area (Å²) in [6.07, 6.45) is -0.103. The molecule has 0 saturated carbocycles. The Bertz CT molecular complexity index is 533. The number of ether oxygens (including phenoxy) is 1. The van der Waals surface area contributed by atoms with Crippen LogP contribution in [0.5, 0.6) is 0 Å². The highest BCUT2D eigenvalue weighted by Gasteiger charge is 2.40. The van der Waals surface area contributed by atoms with E-state index >= 15 is 0 Å². The first-order valence-electron chi connectivity index (χ1n) is 6.58. The van der Waals surface area contributed by atoms with Crippen LogP contribution >= 0.6 is 0 Å². The van der Waals surface area contributed by atoms with Crippen molar-refractivity contribution in [3.05, 3.63) is 29.8 Å². The molecule has 0 radical (unpaired) electrons. The van der Waals surface area contributed by atoms with Crippen molar-refractivity contribution >= 4 is 17.6 Å². The second-order valence-electron chi connectivity index (χ2n) is 5.95. The lowest BCUT2D eigenvalue weighted by molar-refractivity contribution is -0.156. The number of rotatable bonds is 3. The molecule has 2 atom stereocenters. The van der Waals surface area contributed by atoms with Crippen LogP contribution in [0, 0.1) is 0 Å². The Morgan fingerprint density at radius 2 is 1.95 bits per heavy atom. The number of hydrogen-bond acceptors (Lipinski definition) is 4. The van der Waals surface area contributed by atoms with E-state index in [-0.39, 0.29) is 6.42 Å². The molecule has 108 valence electrons. The van der Waals surface area contributed by atoms with Crippen LogP contribution < -0.4 is 5.32 Å². The Morgan fingerprint density at radius 3 is 2.55 bits per heavy atom.